The van der Waals surface area contributed by atoms with Crippen LogP contribution < -0.4 is 42.5 Å². The molecule has 10 N–H and O–H groups in total. The van der Waals surface area contributed by atoms with E-state index in [2.05, 4.69) is 49.5 Å². The molecule has 430 valence electrons. The molecule has 8 amide bonds. The normalized spacial score (nSPS) is 17.7. The van der Waals surface area contributed by atoms with Gasteiger partial charge in [0, 0.05) is 13.1 Å². The van der Waals surface area contributed by atoms with Crippen molar-refractivity contribution in [2.75, 3.05) is 13.1 Å². The van der Waals surface area contributed by atoms with Crippen LogP contribution in [0.15, 0.2) is 0 Å². The number of nitrogens with zero attached hydrogens (tertiary/aromatic N) is 1. The first-order valence-electron chi connectivity index (χ1n) is 28.2. The molecule has 2 fully saturated rings. The van der Waals surface area contributed by atoms with Gasteiger partial charge in [-0.1, -0.05) is 119 Å². The lowest BCUT2D eigenvalue weighted by molar-refractivity contribution is -0.140. The fraction of sp³-hybridized carbons (Fsp3) is 0.836. The summed E-state index contributed by atoms with van der Waals surface area (Å²) in [6.07, 6.45) is 12.9. The maximum absolute atomic E-state index is 14.3. The average molecular weight is 1060 g/mol. The molecule has 75 heavy (non-hydrogen) atoms. The lowest BCUT2D eigenvalue weighted by Gasteiger charge is -2.35. The Labute approximate surface area is 448 Å². The van der Waals surface area contributed by atoms with Crippen LogP contribution >= 0.6 is 0 Å². The lowest BCUT2D eigenvalue weighted by Crippen LogP contribution is -2.66. The van der Waals surface area contributed by atoms with Crippen LogP contribution in [0.25, 0.3) is 0 Å². The number of aliphatic hydroxyl groups is 1. The van der Waals surface area contributed by atoms with Crippen molar-refractivity contribution in [2.24, 2.45) is 17.8 Å². The number of carbonyl (C=O) groups excluding carboxylic acids is 8. The van der Waals surface area contributed by atoms with Crippen molar-refractivity contribution < 1.29 is 53.4 Å². The van der Waals surface area contributed by atoms with Crippen LogP contribution in [0.4, 0.5) is 0 Å². The highest BCUT2D eigenvalue weighted by Crippen LogP contribution is 2.29. The first-order chi connectivity index (χ1) is 35.0. The van der Waals surface area contributed by atoms with Gasteiger partial charge >= 0.3 is 5.97 Å². The third-order valence-corrected chi connectivity index (χ3v) is 14.2. The van der Waals surface area contributed by atoms with E-state index in [0.717, 1.165) is 77.0 Å². The molecule has 0 radical (unpaired) electrons. The van der Waals surface area contributed by atoms with Gasteiger partial charge in [-0.3, -0.25) is 48.1 Å². The number of hydrogen-bond donors (Lipinski definition) is 10. The second-order valence-electron chi connectivity index (χ2n) is 23.6. The Morgan fingerprint density at radius 2 is 1.07 bits per heavy atom. The highest BCUT2D eigenvalue weighted by molar-refractivity contribution is 6.00. The fourth-order valence-electron chi connectivity index (χ4n) is 9.68. The number of carboxylic acids is 1. The van der Waals surface area contributed by atoms with Crippen LogP contribution in [-0.4, -0.2) is 134 Å². The predicted octanol–water partition coefficient (Wildman–Crippen LogP) is 4.60. The molecule has 1 heterocycles. The van der Waals surface area contributed by atoms with E-state index in [1.54, 1.807) is 4.90 Å². The summed E-state index contributed by atoms with van der Waals surface area (Å²) in [5.41, 5.74) is -4.76. The molecular weight excluding hydrogens is 963 g/mol. The van der Waals surface area contributed by atoms with Crippen molar-refractivity contribution in [1.29, 1.82) is 0 Å². The smallest absolute Gasteiger partial charge is 0.305 e. The molecule has 1 saturated carbocycles. The molecule has 0 aromatic rings. The Kier molecular flexibility index (Phi) is 28.3. The summed E-state index contributed by atoms with van der Waals surface area (Å²) in [7, 11) is 0. The summed E-state index contributed by atoms with van der Waals surface area (Å²) < 4.78 is 0. The maximum atomic E-state index is 14.3. The zero-order valence-corrected chi connectivity index (χ0v) is 47.8. The molecule has 1 aliphatic heterocycles. The molecule has 20 heteroatoms. The number of unbranched alkanes of at least 4 members (excludes halogenated alkanes) is 5. The van der Waals surface area contributed by atoms with E-state index in [1.807, 2.05) is 34.6 Å². The molecular formula is C55H99N9O11. The van der Waals surface area contributed by atoms with Crippen molar-refractivity contribution in [2.45, 2.75) is 265 Å². The summed E-state index contributed by atoms with van der Waals surface area (Å²) in [6.45, 7) is 20.9. The van der Waals surface area contributed by atoms with Crippen molar-refractivity contribution >= 4 is 53.2 Å². The number of nitrogens with one attached hydrogen (secondary N) is 8. The van der Waals surface area contributed by atoms with E-state index < -0.39 is 100 Å². The molecule has 2 rings (SSSR count). The summed E-state index contributed by atoms with van der Waals surface area (Å²) in [4.78, 5) is 124. The van der Waals surface area contributed by atoms with Gasteiger partial charge in [0.1, 0.15) is 47.0 Å². The topological polar surface area (TPSA) is 294 Å². The lowest BCUT2D eigenvalue weighted by atomic mass is 9.84. The highest BCUT2D eigenvalue weighted by Gasteiger charge is 2.42. The van der Waals surface area contributed by atoms with Gasteiger partial charge in [0.25, 0.3) is 0 Å². The summed E-state index contributed by atoms with van der Waals surface area (Å²) >= 11 is 0. The minimum atomic E-state index is -1.62. The van der Waals surface area contributed by atoms with Crippen molar-refractivity contribution in [3.63, 3.8) is 0 Å². The van der Waals surface area contributed by atoms with Gasteiger partial charge in [0.05, 0.1) is 12.5 Å². The summed E-state index contributed by atoms with van der Waals surface area (Å²) in [6, 6.07) is -4.82. The summed E-state index contributed by atoms with van der Waals surface area (Å²) in [5, 5.41) is 42.1. The van der Waals surface area contributed by atoms with Gasteiger partial charge in [-0.2, -0.15) is 0 Å². The van der Waals surface area contributed by atoms with Crippen molar-refractivity contribution in [3.05, 3.63) is 0 Å². The molecule has 0 bridgehead atoms. The zero-order chi connectivity index (χ0) is 56.7. The minimum Gasteiger partial charge on any atom is -0.481 e. The zero-order valence-electron chi connectivity index (χ0n) is 47.8. The number of carboxylic acid groups (broad SMARTS) is 1. The number of carbonyl (C=O) groups is 9. The number of amides is 8. The van der Waals surface area contributed by atoms with Crippen LogP contribution in [0.5, 0.6) is 0 Å². The Bertz CT molecular complexity index is 1880. The Morgan fingerprint density at radius 1 is 0.547 bits per heavy atom. The standard InChI is InChI=1S/C55H99N9O11/c1-13-15-16-17-18-22-27-38(46(69)57-40(33-36(5)6)47(70)61-53(7,8)50(73)60-39(32-35(3)4)45(68)56-30-29-44(66)67)59-51(74)54(9,10)63-52(75)55(11,12)62-48(71)41(34-37-25-20-19-21-26-37)58-49(72)42-28-23-31-64(42)43(65)24-14-2/h35-43,65H,13-34H2,1-12H3,(H,56,68)(H,57,69)(H,58,72)(H,59,74)(H,60,73)(H,61,70)(H,62,71)(H,63,75)(H,66,67)/t38-,39-,40-,41-,42-,43?/m0/s1. The first kappa shape index (κ1) is 66.3. The van der Waals surface area contributed by atoms with Gasteiger partial charge in [-0.25, -0.2) is 0 Å². The first-order valence-corrected chi connectivity index (χ1v) is 28.2. The van der Waals surface area contributed by atoms with E-state index in [4.69, 9.17) is 5.11 Å². The maximum Gasteiger partial charge on any atom is 0.305 e. The van der Waals surface area contributed by atoms with Gasteiger partial charge < -0.3 is 52.7 Å². The van der Waals surface area contributed by atoms with E-state index >= 15 is 0 Å². The third-order valence-electron chi connectivity index (χ3n) is 14.2. The van der Waals surface area contributed by atoms with Crippen LogP contribution in [0, 0.1) is 17.8 Å². The predicted molar refractivity (Wildman–Crippen MR) is 288 cm³/mol. The molecule has 6 atom stereocenters. The van der Waals surface area contributed by atoms with E-state index in [9.17, 15) is 48.3 Å². The average Bonchev–Trinajstić information content (AvgIpc) is 3.82. The second-order valence-corrected chi connectivity index (χ2v) is 23.6. The number of rotatable bonds is 34. The Morgan fingerprint density at radius 3 is 1.63 bits per heavy atom. The number of hydrogen-bond acceptors (Lipinski definition) is 11. The summed E-state index contributed by atoms with van der Waals surface area (Å²) in [5.74, 6) is -5.82. The third kappa shape index (κ3) is 23.5. The molecule has 0 aromatic heterocycles. The molecule has 0 aromatic carbocycles. The van der Waals surface area contributed by atoms with Crippen LogP contribution in [0.1, 0.15) is 212 Å². The van der Waals surface area contributed by atoms with Crippen LogP contribution in [-0.2, 0) is 43.2 Å². The van der Waals surface area contributed by atoms with Crippen LogP contribution in [0.2, 0.25) is 0 Å². The van der Waals surface area contributed by atoms with Crippen LogP contribution in [0.3, 0.4) is 0 Å². The Hall–Kier alpha value is -4.85. The number of aliphatic hydroxyl groups excluding tert-OH is 1. The quantitative estimate of drug-likeness (QED) is 0.0396. The Balaban J connectivity index is 2.30. The fourth-order valence-corrected chi connectivity index (χ4v) is 9.68. The number of aliphatic carboxylic acids is 1. The SMILES string of the molecule is CCCCCCCC[C@H](NC(=O)C(C)(C)NC(=O)C(C)(C)NC(=O)[C@H](CC1CCCCC1)NC(=O)[C@@H]1CCCN1C(O)CCC)C(=O)N[C@@H](CC(C)C)C(=O)NC(C)(C)C(=O)N[C@@H](CC(C)C)C(=O)NCCC(=O)O. The van der Waals surface area contributed by atoms with Gasteiger partial charge in [0.15, 0.2) is 0 Å². The highest BCUT2D eigenvalue weighted by atomic mass is 16.4. The molecule has 1 aliphatic carbocycles. The van der Waals surface area contributed by atoms with E-state index in [1.165, 1.54) is 41.5 Å². The monoisotopic (exact) mass is 1060 g/mol. The molecule has 1 saturated heterocycles. The number of likely N-dealkylation sites (tertiary alicyclic amines) is 1. The molecule has 20 nitrogen and oxygen atoms in total. The van der Waals surface area contributed by atoms with Crippen molar-refractivity contribution in [1.82, 2.24) is 47.4 Å². The minimum absolute atomic E-state index is 0.0215. The second kappa shape index (κ2) is 32.0. The van der Waals surface area contributed by atoms with Crippen molar-refractivity contribution in [3.8, 4) is 0 Å². The van der Waals surface area contributed by atoms with E-state index in [0.29, 0.717) is 32.2 Å². The van der Waals surface area contributed by atoms with Gasteiger partial charge in [-0.15, -0.1) is 0 Å². The molecule has 2 aliphatic rings. The molecule has 0 spiro atoms. The largest absolute Gasteiger partial charge is 0.481 e. The molecule has 1 unspecified atom stereocenters. The van der Waals surface area contributed by atoms with E-state index in [-0.39, 0.29) is 55.9 Å². The van der Waals surface area contributed by atoms with Gasteiger partial charge in [0.2, 0.25) is 47.3 Å². The van der Waals surface area contributed by atoms with Gasteiger partial charge in [-0.05, 0) is 104 Å².